The highest BCUT2D eigenvalue weighted by Gasteiger charge is 2.28. The van der Waals surface area contributed by atoms with Gasteiger partial charge in [0, 0.05) is 25.0 Å². The lowest BCUT2D eigenvalue weighted by Gasteiger charge is -2.16. The molecule has 1 atom stereocenters. The third kappa shape index (κ3) is 4.65. The van der Waals surface area contributed by atoms with E-state index in [9.17, 15) is 13.2 Å². The molecule has 0 amide bonds. The van der Waals surface area contributed by atoms with Crippen molar-refractivity contribution in [2.75, 3.05) is 18.5 Å². The molecule has 7 heteroatoms. The van der Waals surface area contributed by atoms with E-state index in [-0.39, 0.29) is 12.5 Å². The number of hydrogen-bond donors (Lipinski definition) is 1. The lowest BCUT2D eigenvalue weighted by molar-refractivity contribution is -0.132. The van der Waals surface area contributed by atoms with E-state index in [1.807, 2.05) is 6.92 Å². The molecule has 1 heterocycles. The number of rotatable bonds is 6. The fourth-order valence-corrected chi connectivity index (χ4v) is 2.67. The van der Waals surface area contributed by atoms with E-state index < -0.39 is 12.6 Å². The molecular weight excluding hydrogens is 275 g/mol. The molecule has 0 saturated heterocycles. The predicted octanol–water partition coefficient (Wildman–Crippen LogP) is 3.50. The number of thiazole rings is 1. The van der Waals surface area contributed by atoms with Gasteiger partial charge >= 0.3 is 6.18 Å². The van der Waals surface area contributed by atoms with Crippen LogP contribution in [0, 0.1) is 0 Å². The van der Waals surface area contributed by atoms with Crippen molar-refractivity contribution in [3.05, 3.63) is 10.6 Å². The fourth-order valence-electron chi connectivity index (χ4n) is 1.63. The Morgan fingerprint density at radius 1 is 1.42 bits per heavy atom. The number of aromatic nitrogens is 1. The Hall–Kier alpha value is -0.820. The summed E-state index contributed by atoms with van der Waals surface area (Å²) in [5, 5.41) is 0.611. The largest absolute Gasteiger partial charge is 0.390 e. The van der Waals surface area contributed by atoms with Crippen LogP contribution in [0.2, 0.25) is 0 Å². The van der Waals surface area contributed by atoms with Crippen LogP contribution in [-0.4, -0.2) is 24.8 Å². The maximum atomic E-state index is 12.2. The molecule has 0 aliphatic carbocycles. The van der Waals surface area contributed by atoms with Crippen LogP contribution in [0.25, 0.3) is 0 Å². The molecule has 1 rings (SSSR count). The van der Waals surface area contributed by atoms with Crippen LogP contribution in [-0.2, 0) is 6.54 Å². The molecule has 1 aromatic rings. The van der Waals surface area contributed by atoms with Gasteiger partial charge in [-0.1, -0.05) is 13.8 Å². The summed E-state index contributed by atoms with van der Waals surface area (Å²) in [6.07, 6.45) is -4.04. The van der Waals surface area contributed by atoms with Crippen molar-refractivity contribution in [3.63, 3.8) is 0 Å². The van der Waals surface area contributed by atoms with Gasteiger partial charge in [0.1, 0.15) is 0 Å². The summed E-state index contributed by atoms with van der Waals surface area (Å²) < 4.78 is 36.6. The Kier molecular flexibility index (Phi) is 5.61. The Balaban J connectivity index is 2.81. The van der Waals surface area contributed by atoms with Gasteiger partial charge in [0.25, 0.3) is 0 Å². The number of hydrogen-bond acceptors (Lipinski definition) is 4. The molecular formula is C12H20F3N3S. The van der Waals surface area contributed by atoms with E-state index in [2.05, 4.69) is 11.9 Å². The van der Waals surface area contributed by atoms with Gasteiger partial charge in [0.15, 0.2) is 5.13 Å². The van der Waals surface area contributed by atoms with Crippen molar-refractivity contribution < 1.29 is 13.2 Å². The third-order valence-electron chi connectivity index (χ3n) is 3.04. The van der Waals surface area contributed by atoms with Gasteiger partial charge < -0.3 is 10.6 Å². The van der Waals surface area contributed by atoms with E-state index in [0.29, 0.717) is 11.7 Å². The maximum absolute atomic E-state index is 12.2. The minimum atomic E-state index is -4.14. The zero-order valence-electron chi connectivity index (χ0n) is 11.4. The van der Waals surface area contributed by atoms with Gasteiger partial charge in [0.05, 0.1) is 12.1 Å². The van der Waals surface area contributed by atoms with E-state index in [1.165, 1.54) is 11.3 Å². The zero-order valence-corrected chi connectivity index (χ0v) is 12.2. The number of halogens is 3. The zero-order chi connectivity index (χ0) is 14.6. The molecule has 0 spiro atoms. The summed E-state index contributed by atoms with van der Waals surface area (Å²) >= 11 is 1.38. The van der Waals surface area contributed by atoms with Crippen molar-refractivity contribution in [2.45, 2.75) is 45.3 Å². The second-order valence-corrected chi connectivity index (χ2v) is 5.67. The molecule has 0 fully saturated rings. The quantitative estimate of drug-likeness (QED) is 0.873. The van der Waals surface area contributed by atoms with E-state index in [4.69, 9.17) is 5.73 Å². The van der Waals surface area contributed by atoms with E-state index in [1.54, 1.807) is 11.9 Å². The predicted molar refractivity (Wildman–Crippen MR) is 72.7 cm³/mol. The Bertz CT molecular complexity index is 403. The second kappa shape index (κ2) is 6.56. The summed E-state index contributed by atoms with van der Waals surface area (Å²) in [5.74, 6) is 0.277. The van der Waals surface area contributed by atoms with Crippen molar-refractivity contribution in [2.24, 2.45) is 5.73 Å². The monoisotopic (exact) mass is 295 g/mol. The summed E-state index contributed by atoms with van der Waals surface area (Å²) in [6, 6.07) is 0. The number of anilines is 1. The van der Waals surface area contributed by atoms with Crippen molar-refractivity contribution in [3.8, 4) is 0 Å². The summed E-state index contributed by atoms with van der Waals surface area (Å²) in [6.45, 7) is 4.40. The summed E-state index contributed by atoms with van der Waals surface area (Å²) in [4.78, 5) is 6.96. The summed E-state index contributed by atoms with van der Waals surface area (Å²) in [5.41, 5.74) is 6.59. The van der Waals surface area contributed by atoms with Crippen molar-refractivity contribution in [1.29, 1.82) is 0 Å². The molecule has 0 aliphatic heterocycles. The van der Waals surface area contributed by atoms with Crippen LogP contribution < -0.4 is 10.6 Å². The third-order valence-corrected chi connectivity index (χ3v) is 4.25. The SMILES string of the molecule is CCC(C)c1nc(N(C)CCC(F)(F)F)sc1CN. The van der Waals surface area contributed by atoms with Crippen molar-refractivity contribution >= 4 is 16.5 Å². The minimum absolute atomic E-state index is 0.0824. The highest BCUT2D eigenvalue weighted by atomic mass is 32.1. The Morgan fingerprint density at radius 2 is 2.05 bits per heavy atom. The first-order valence-electron chi connectivity index (χ1n) is 6.26. The van der Waals surface area contributed by atoms with Crippen molar-refractivity contribution in [1.82, 2.24) is 4.98 Å². The average molecular weight is 295 g/mol. The first kappa shape index (κ1) is 16.2. The van der Waals surface area contributed by atoms with Crippen LogP contribution in [0.1, 0.15) is 43.2 Å². The van der Waals surface area contributed by atoms with Gasteiger partial charge in [-0.05, 0) is 12.3 Å². The normalized spacial score (nSPS) is 13.6. The standard InChI is InChI=1S/C12H20F3N3S/c1-4-8(2)10-9(7-16)19-11(17-10)18(3)6-5-12(13,14)15/h8H,4-7,16H2,1-3H3. The molecule has 1 aromatic heterocycles. The van der Waals surface area contributed by atoms with Crippen LogP contribution in [0.3, 0.4) is 0 Å². The van der Waals surface area contributed by atoms with Crippen LogP contribution >= 0.6 is 11.3 Å². The molecule has 0 aliphatic rings. The molecule has 2 N–H and O–H groups in total. The molecule has 1 unspecified atom stereocenters. The lowest BCUT2D eigenvalue weighted by atomic mass is 10.0. The van der Waals surface area contributed by atoms with Gasteiger partial charge in [-0.25, -0.2) is 4.98 Å². The highest BCUT2D eigenvalue weighted by Crippen LogP contribution is 2.32. The Morgan fingerprint density at radius 3 is 2.53 bits per heavy atom. The Labute approximate surface area is 115 Å². The topological polar surface area (TPSA) is 42.2 Å². The minimum Gasteiger partial charge on any atom is -0.351 e. The fraction of sp³-hybridized carbons (Fsp3) is 0.750. The average Bonchev–Trinajstić information content (AvgIpc) is 2.78. The highest BCUT2D eigenvalue weighted by molar-refractivity contribution is 7.15. The molecule has 0 aromatic carbocycles. The number of nitrogens with zero attached hydrogens (tertiary/aromatic N) is 2. The molecule has 19 heavy (non-hydrogen) atoms. The van der Waals surface area contributed by atoms with Crippen LogP contribution in [0.5, 0.6) is 0 Å². The smallest absolute Gasteiger partial charge is 0.351 e. The number of alkyl halides is 3. The molecule has 110 valence electrons. The molecule has 0 bridgehead atoms. The maximum Gasteiger partial charge on any atom is 0.390 e. The van der Waals surface area contributed by atoms with E-state index in [0.717, 1.165) is 17.0 Å². The molecule has 0 radical (unpaired) electrons. The van der Waals surface area contributed by atoms with E-state index >= 15 is 0 Å². The summed E-state index contributed by atoms with van der Waals surface area (Å²) in [7, 11) is 1.63. The lowest BCUT2D eigenvalue weighted by Crippen LogP contribution is -2.23. The first-order valence-corrected chi connectivity index (χ1v) is 7.07. The van der Waals surface area contributed by atoms with Gasteiger partial charge in [0.2, 0.25) is 0 Å². The second-order valence-electron chi connectivity index (χ2n) is 4.61. The first-order chi connectivity index (χ1) is 8.78. The van der Waals surface area contributed by atoms with Crippen LogP contribution in [0.4, 0.5) is 18.3 Å². The number of nitrogens with two attached hydrogens (primary N) is 1. The molecule has 0 saturated carbocycles. The van der Waals surface area contributed by atoms with Crippen LogP contribution in [0.15, 0.2) is 0 Å². The van der Waals surface area contributed by atoms with Gasteiger partial charge in [-0.2, -0.15) is 13.2 Å². The molecule has 3 nitrogen and oxygen atoms in total. The van der Waals surface area contributed by atoms with Gasteiger partial charge in [-0.15, -0.1) is 11.3 Å². The van der Waals surface area contributed by atoms with Gasteiger partial charge in [-0.3, -0.25) is 0 Å².